The summed E-state index contributed by atoms with van der Waals surface area (Å²) in [6.45, 7) is 8.39. The number of hydrogen-bond donors (Lipinski definition) is 2. The van der Waals surface area contributed by atoms with Crippen LogP contribution in [0.2, 0.25) is 0 Å². The van der Waals surface area contributed by atoms with Gasteiger partial charge in [-0.3, -0.25) is 14.1 Å². The Morgan fingerprint density at radius 1 is 1.02 bits per heavy atom. The number of aryl methyl sites for hydroxylation is 1. The number of nitrogens with one attached hydrogen (secondary N) is 1. The molecule has 40 heavy (non-hydrogen) atoms. The fourth-order valence-electron chi connectivity index (χ4n) is 4.93. The Morgan fingerprint density at radius 3 is 2.42 bits per heavy atom. The third kappa shape index (κ3) is 5.07. The smallest absolute Gasteiger partial charge is 0.337 e. The Hall–Kier alpha value is -4.86. The molecule has 0 saturated carbocycles. The van der Waals surface area contributed by atoms with Crippen molar-refractivity contribution < 1.29 is 9.90 Å². The molecule has 0 fully saturated rings. The maximum Gasteiger partial charge on any atom is 0.337 e. The number of rotatable bonds is 8. The average Bonchev–Trinajstić information content (AvgIpc) is 3.58. The molecule has 0 aliphatic heterocycles. The summed E-state index contributed by atoms with van der Waals surface area (Å²) in [5.41, 5.74) is 4.75. The van der Waals surface area contributed by atoms with Gasteiger partial charge in [0, 0.05) is 29.2 Å². The molecule has 3 aromatic heterocycles. The van der Waals surface area contributed by atoms with Crippen molar-refractivity contribution in [1.29, 1.82) is 0 Å². The van der Waals surface area contributed by atoms with Gasteiger partial charge in [-0.25, -0.2) is 9.59 Å². The van der Waals surface area contributed by atoms with E-state index in [9.17, 15) is 14.7 Å². The van der Waals surface area contributed by atoms with Crippen molar-refractivity contribution >= 4 is 5.97 Å². The van der Waals surface area contributed by atoms with Crippen LogP contribution in [0.5, 0.6) is 0 Å². The molecule has 204 valence electrons. The van der Waals surface area contributed by atoms with Gasteiger partial charge in [-0.15, -0.1) is 10.2 Å². The Bertz CT molecular complexity index is 1710. The first-order chi connectivity index (χ1) is 19.2. The average molecular weight is 538 g/mol. The minimum atomic E-state index is -1.07. The lowest BCUT2D eigenvalue weighted by molar-refractivity contribution is 0.0696. The van der Waals surface area contributed by atoms with Crippen molar-refractivity contribution in [2.75, 3.05) is 0 Å². The highest BCUT2D eigenvalue weighted by Gasteiger charge is 2.26. The van der Waals surface area contributed by atoms with Gasteiger partial charge >= 0.3 is 11.7 Å². The zero-order chi connectivity index (χ0) is 28.4. The fraction of sp³-hybridized carbons (Fsp3) is 0.267. The molecule has 0 aliphatic carbocycles. The summed E-state index contributed by atoms with van der Waals surface area (Å²) in [5.74, 6) is -0.589. The second-order valence-electron chi connectivity index (χ2n) is 10.7. The molecule has 5 aromatic rings. The first-order valence-electron chi connectivity index (χ1n) is 13.2. The van der Waals surface area contributed by atoms with Crippen molar-refractivity contribution in [2.24, 2.45) is 0 Å². The van der Waals surface area contributed by atoms with E-state index in [2.05, 4.69) is 32.5 Å². The van der Waals surface area contributed by atoms with Gasteiger partial charge in [-0.2, -0.15) is 5.21 Å². The molecule has 2 aromatic carbocycles. The first-order valence-corrected chi connectivity index (χ1v) is 13.2. The standard InChI is InChI=1S/C30H31N7O3/c1-5-9-20-18-37(26-23(28(38)39)12-8-13-24(26)30(2,3)4)29(40)36(20)17-19-14-15-25(31-16-19)21-10-6-7-11-22(21)27-32-34-35-33-27/h6-8,10-16,18H,5,9,17H2,1-4H3,(H,38,39)(H,32,33,34,35). The van der Waals surface area contributed by atoms with E-state index >= 15 is 0 Å². The molecule has 3 heterocycles. The maximum atomic E-state index is 13.9. The molecule has 0 bridgehead atoms. The summed E-state index contributed by atoms with van der Waals surface area (Å²) in [4.78, 5) is 30.8. The zero-order valence-electron chi connectivity index (χ0n) is 22.9. The van der Waals surface area contributed by atoms with Crippen LogP contribution >= 0.6 is 0 Å². The number of H-pyrrole nitrogens is 1. The molecular formula is C30H31N7O3. The van der Waals surface area contributed by atoms with Crippen LogP contribution in [0.1, 0.15) is 61.3 Å². The molecule has 0 saturated heterocycles. The fourth-order valence-corrected chi connectivity index (χ4v) is 4.93. The minimum absolute atomic E-state index is 0.0982. The van der Waals surface area contributed by atoms with Crippen molar-refractivity contribution in [2.45, 2.75) is 52.5 Å². The normalized spacial score (nSPS) is 11.6. The topological polar surface area (TPSA) is 132 Å². The number of imidazole rings is 1. The molecule has 0 spiro atoms. The summed E-state index contributed by atoms with van der Waals surface area (Å²) in [6, 6.07) is 16.7. The summed E-state index contributed by atoms with van der Waals surface area (Å²) < 4.78 is 3.20. The zero-order valence-corrected chi connectivity index (χ0v) is 22.9. The molecule has 0 radical (unpaired) electrons. The molecule has 0 amide bonds. The Balaban J connectivity index is 1.55. The van der Waals surface area contributed by atoms with E-state index in [1.165, 1.54) is 4.57 Å². The van der Waals surface area contributed by atoms with Gasteiger partial charge in [0.05, 0.1) is 23.5 Å². The van der Waals surface area contributed by atoms with E-state index in [0.717, 1.165) is 40.1 Å². The Kier molecular flexibility index (Phi) is 7.17. The molecule has 5 rings (SSSR count). The van der Waals surface area contributed by atoms with Crippen molar-refractivity contribution in [3.05, 3.63) is 99.9 Å². The van der Waals surface area contributed by atoms with E-state index in [0.29, 0.717) is 24.5 Å². The number of aromatic amines is 1. The van der Waals surface area contributed by atoms with Gasteiger partial charge < -0.3 is 5.11 Å². The molecule has 0 aliphatic rings. The lowest BCUT2D eigenvalue weighted by Gasteiger charge is -2.24. The van der Waals surface area contributed by atoms with E-state index in [1.54, 1.807) is 29.1 Å². The van der Waals surface area contributed by atoms with E-state index in [1.807, 2.05) is 63.2 Å². The second kappa shape index (κ2) is 10.7. The van der Waals surface area contributed by atoms with Crippen LogP contribution in [-0.4, -0.2) is 45.8 Å². The highest BCUT2D eigenvalue weighted by atomic mass is 16.4. The molecule has 0 atom stereocenters. The highest BCUT2D eigenvalue weighted by Crippen LogP contribution is 2.31. The minimum Gasteiger partial charge on any atom is -0.478 e. The summed E-state index contributed by atoms with van der Waals surface area (Å²) in [6.07, 6.45) is 5.05. The maximum absolute atomic E-state index is 13.9. The number of benzene rings is 2. The first kappa shape index (κ1) is 26.7. The quantitative estimate of drug-likeness (QED) is 0.288. The number of tetrazole rings is 1. The predicted octanol–water partition coefficient (Wildman–Crippen LogP) is 4.88. The number of carbonyl (C=O) groups is 1. The summed E-state index contributed by atoms with van der Waals surface area (Å²) >= 11 is 0. The molecule has 2 N–H and O–H groups in total. The second-order valence-corrected chi connectivity index (χ2v) is 10.7. The van der Waals surface area contributed by atoms with Crippen molar-refractivity contribution in [3.8, 4) is 28.3 Å². The van der Waals surface area contributed by atoms with Gasteiger partial charge in [-0.05, 0) is 40.3 Å². The van der Waals surface area contributed by atoms with E-state index < -0.39 is 5.97 Å². The summed E-state index contributed by atoms with van der Waals surface area (Å²) in [7, 11) is 0. The number of carboxylic acids is 1. The molecule has 10 heteroatoms. The van der Waals surface area contributed by atoms with E-state index in [-0.39, 0.29) is 16.7 Å². The van der Waals surface area contributed by atoms with Crippen LogP contribution in [0.3, 0.4) is 0 Å². The van der Waals surface area contributed by atoms with Gasteiger partial charge in [0.25, 0.3) is 0 Å². The van der Waals surface area contributed by atoms with Gasteiger partial charge in [0.2, 0.25) is 5.82 Å². The number of nitrogens with zero attached hydrogens (tertiary/aromatic N) is 6. The molecule has 0 unspecified atom stereocenters. The van der Waals surface area contributed by atoms with Gasteiger partial charge in [0.15, 0.2) is 0 Å². The lowest BCUT2D eigenvalue weighted by Crippen LogP contribution is -2.28. The SMILES string of the molecule is CCCc1cn(-c2c(C(=O)O)cccc2C(C)(C)C)c(=O)n1Cc1ccc(-c2ccccc2-c2nn[nH]n2)nc1. The van der Waals surface area contributed by atoms with Crippen LogP contribution in [0, 0.1) is 0 Å². The van der Waals surface area contributed by atoms with Crippen molar-refractivity contribution in [3.63, 3.8) is 0 Å². The van der Waals surface area contributed by atoms with Crippen LogP contribution in [0.4, 0.5) is 0 Å². The number of pyridine rings is 1. The largest absolute Gasteiger partial charge is 0.478 e. The number of carboxylic acid groups (broad SMARTS) is 1. The van der Waals surface area contributed by atoms with Crippen LogP contribution in [0.15, 0.2) is 71.8 Å². The third-order valence-electron chi connectivity index (χ3n) is 6.84. The van der Waals surface area contributed by atoms with E-state index in [4.69, 9.17) is 0 Å². The number of hydrogen-bond acceptors (Lipinski definition) is 6. The highest BCUT2D eigenvalue weighted by molar-refractivity contribution is 5.92. The number of para-hydroxylation sites is 1. The molecular weight excluding hydrogens is 506 g/mol. The lowest BCUT2D eigenvalue weighted by atomic mass is 9.84. The third-order valence-corrected chi connectivity index (χ3v) is 6.84. The Labute approximate surface area is 231 Å². The number of aromatic nitrogens is 7. The van der Waals surface area contributed by atoms with Crippen LogP contribution in [-0.2, 0) is 18.4 Å². The van der Waals surface area contributed by atoms with Crippen LogP contribution < -0.4 is 5.69 Å². The molecule has 10 nitrogen and oxygen atoms in total. The van der Waals surface area contributed by atoms with Gasteiger partial charge in [-0.1, -0.05) is 76.6 Å². The Morgan fingerprint density at radius 2 is 1.80 bits per heavy atom. The monoisotopic (exact) mass is 537 g/mol. The summed E-state index contributed by atoms with van der Waals surface area (Å²) in [5, 5.41) is 24.3. The predicted molar refractivity (Wildman–Crippen MR) is 152 cm³/mol. The van der Waals surface area contributed by atoms with Crippen molar-refractivity contribution in [1.82, 2.24) is 34.7 Å². The number of aromatic carboxylic acids is 1. The van der Waals surface area contributed by atoms with Gasteiger partial charge in [0.1, 0.15) is 0 Å². The van der Waals surface area contributed by atoms with Crippen LogP contribution in [0.25, 0.3) is 28.3 Å².